The SMILES string of the molecule is NCc1cscn1. The van der Waals surface area contributed by atoms with Crippen LogP contribution in [0.2, 0.25) is 0 Å². The highest BCUT2D eigenvalue weighted by Gasteiger charge is 1.84. The molecule has 0 bridgehead atoms. The van der Waals surface area contributed by atoms with Crippen LogP contribution >= 0.6 is 11.3 Å². The first-order chi connectivity index (χ1) is 3.43. The van der Waals surface area contributed by atoms with Crippen molar-refractivity contribution in [1.82, 2.24) is 4.98 Å². The van der Waals surface area contributed by atoms with Gasteiger partial charge in [0.2, 0.25) is 0 Å². The molecule has 38 valence electrons. The van der Waals surface area contributed by atoms with Crippen molar-refractivity contribution in [2.45, 2.75) is 6.54 Å². The molecule has 0 fully saturated rings. The third-order valence-corrected chi connectivity index (χ3v) is 1.33. The number of thiazole rings is 1. The van der Waals surface area contributed by atoms with Crippen LogP contribution in [-0.2, 0) is 6.54 Å². The number of aromatic nitrogens is 1. The van der Waals surface area contributed by atoms with Gasteiger partial charge in [0.15, 0.2) is 0 Å². The Morgan fingerprint density at radius 2 is 2.71 bits per heavy atom. The van der Waals surface area contributed by atoms with Crippen molar-refractivity contribution in [1.29, 1.82) is 0 Å². The summed E-state index contributed by atoms with van der Waals surface area (Å²) in [4.78, 5) is 3.93. The van der Waals surface area contributed by atoms with Gasteiger partial charge in [-0.2, -0.15) is 0 Å². The molecule has 1 rings (SSSR count). The molecule has 7 heavy (non-hydrogen) atoms. The molecule has 0 aliphatic carbocycles. The molecule has 0 aromatic carbocycles. The lowest BCUT2D eigenvalue weighted by Crippen LogP contribution is -1.94. The lowest BCUT2D eigenvalue weighted by atomic mass is 10.5. The summed E-state index contributed by atoms with van der Waals surface area (Å²) in [6, 6.07) is 0. The number of rotatable bonds is 1. The molecule has 0 aliphatic rings. The van der Waals surface area contributed by atoms with Crippen molar-refractivity contribution in [2.24, 2.45) is 5.73 Å². The van der Waals surface area contributed by atoms with Gasteiger partial charge in [-0.25, -0.2) is 4.98 Å². The number of nitrogens with two attached hydrogens (primary N) is 1. The molecule has 1 heterocycles. The Hall–Kier alpha value is -0.410. The van der Waals surface area contributed by atoms with Gasteiger partial charge in [0.05, 0.1) is 11.2 Å². The monoisotopic (exact) mass is 114 g/mol. The summed E-state index contributed by atoms with van der Waals surface area (Å²) < 4.78 is 0. The second kappa shape index (κ2) is 2.04. The van der Waals surface area contributed by atoms with Crippen molar-refractivity contribution >= 4 is 11.3 Å². The Morgan fingerprint density at radius 3 is 3.00 bits per heavy atom. The average Bonchev–Trinajstić information content (AvgIpc) is 2.14. The Bertz CT molecular complexity index is 124. The van der Waals surface area contributed by atoms with E-state index in [0.29, 0.717) is 6.54 Å². The molecule has 0 spiro atoms. The highest BCUT2D eigenvalue weighted by Crippen LogP contribution is 1.97. The number of hydrogen-bond donors (Lipinski definition) is 1. The van der Waals surface area contributed by atoms with E-state index in [1.807, 2.05) is 5.38 Å². The van der Waals surface area contributed by atoms with Crippen LogP contribution in [-0.4, -0.2) is 4.98 Å². The molecule has 0 saturated heterocycles. The zero-order valence-corrected chi connectivity index (χ0v) is 4.61. The minimum absolute atomic E-state index is 0.559. The van der Waals surface area contributed by atoms with Crippen molar-refractivity contribution in [3.05, 3.63) is 16.6 Å². The standard InChI is InChI=1S/C4H6N2S/c5-1-4-2-7-3-6-4/h2-3H,1,5H2. The molecular weight excluding hydrogens is 108 g/mol. The van der Waals surface area contributed by atoms with Crippen molar-refractivity contribution in [3.63, 3.8) is 0 Å². The van der Waals surface area contributed by atoms with Crippen LogP contribution in [0.1, 0.15) is 5.69 Å². The van der Waals surface area contributed by atoms with E-state index in [-0.39, 0.29) is 0 Å². The van der Waals surface area contributed by atoms with E-state index in [0.717, 1.165) is 5.69 Å². The fraction of sp³-hybridized carbons (Fsp3) is 0.250. The lowest BCUT2D eigenvalue weighted by Gasteiger charge is -1.78. The third kappa shape index (κ3) is 0.976. The second-order valence-electron chi connectivity index (χ2n) is 1.18. The van der Waals surface area contributed by atoms with Gasteiger partial charge in [-0.05, 0) is 0 Å². The summed E-state index contributed by atoms with van der Waals surface area (Å²) in [5, 5.41) is 1.94. The maximum absolute atomic E-state index is 5.24. The van der Waals surface area contributed by atoms with Crippen molar-refractivity contribution in [2.75, 3.05) is 0 Å². The zero-order valence-electron chi connectivity index (χ0n) is 3.79. The van der Waals surface area contributed by atoms with E-state index >= 15 is 0 Å². The predicted molar refractivity (Wildman–Crippen MR) is 30.0 cm³/mol. The maximum atomic E-state index is 5.24. The summed E-state index contributed by atoms with van der Waals surface area (Å²) in [7, 11) is 0. The number of nitrogens with zero attached hydrogens (tertiary/aromatic N) is 1. The van der Waals surface area contributed by atoms with Gasteiger partial charge >= 0.3 is 0 Å². The summed E-state index contributed by atoms with van der Waals surface area (Å²) in [5.41, 5.74) is 8.00. The highest BCUT2D eigenvalue weighted by atomic mass is 32.1. The van der Waals surface area contributed by atoms with E-state index in [9.17, 15) is 0 Å². The molecule has 0 radical (unpaired) electrons. The third-order valence-electron chi connectivity index (χ3n) is 0.693. The van der Waals surface area contributed by atoms with Crippen LogP contribution in [0, 0.1) is 0 Å². The molecule has 0 unspecified atom stereocenters. The maximum Gasteiger partial charge on any atom is 0.0795 e. The van der Waals surface area contributed by atoms with E-state index in [2.05, 4.69) is 4.98 Å². The van der Waals surface area contributed by atoms with Crippen LogP contribution < -0.4 is 5.73 Å². The first-order valence-electron chi connectivity index (χ1n) is 2.00. The molecule has 0 aliphatic heterocycles. The summed E-state index contributed by atoms with van der Waals surface area (Å²) >= 11 is 1.57. The Morgan fingerprint density at radius 1 is 1.86 bits per heavy atom. The summed E-state index contributed by atoms with van der Waals surface area (Å²) in [5.74, 6) is 0. The van der Waals surface area contributed by atoms with E-state index < -0.39 is 0 Å². The van der Waals surface area contributed by atoms with Crippen LogP contribution in [0.25, 0.3) is 0 Å². The predicted octanol–water partition coefficient (Wildman–Crippen LogP) is 0.602. The smallest absolute Gasteiger partial charge is 0.0795 e. The van der Waals surface area contributed by atoms with Crippen LogP contribution in [0.3, 0.4) is 0 Å². The first kappa shape index (κ1) is 4.74. The van der Waals surface area contributed by atoms with Gasteiger partial charge in [-0.1, -0.05) is 0 Å². The van der Waals surface area contributed by atoms with Gasteiger partial charge in [0, 0.05) is 11.9 Å². The lowest BCUT2D eigenvalue weighted by molar-refractivity contribution is 1.01. The molecule has 3 heteroatoms. The Balaban J connectivity index is 2.76. The van der Waals surface area contributed by atoms with Crippen LogP contribution in [0.4, 0.5) is 0 Å². The summed E-state index contributed by atoms with van der Waals surface area (Å²) in [6.07, 6.45) is 0. The number of hydrogen-bond acceptors (Lipinski definition) is 3. The zero-order chi connectivity index (χ0) is 5.11. The minimum atomic E-state index is 0.559. The molecule has 1 aromatic rings. The van der Waals surface area contributed by atoms with E-state index in [1.165, 1.54) is 0 Å². The minimum Gasteiger partial charge on any atom is -0.325 e. The molecule has 0 amide bonds. The molecule has 2 N–H and O–H groups in total. The van der Waals surface area contributed by atoms with Gasteiger partial charge in [0.25, 0.3) is 0 Å². The summed E-state index contributed by atoms with van der Waals surface area (Å²) in [6.45, 7) is 0.559. The topological polar surface area (TPSA) is 38.9 Å². The van der Waals surface area contributed by atoms with Gasteiger partial charge in [0.1, 0.15) is 0 Å². The molecule has 1 aromatic heterocycles. The van der Waals surface area contributed by atoms with Crippen molar-refractivity contribution < 1.29 is 0 Å². The molecule has 2 nitrogen and oxygen atoms in total. The first-order valence-corrected chi connectivity index (χ1v) is 2.95. The van der Waals surface area contributed by atoms with Gasteiger partial charge in [-0.15, -0.1) is 11.3 Å². The van der Waals surface area contributed by atoms with Crippen LogP contribution in [0.15, 0.2) is 10.9 Å². The largest absolute Gasteiger partial charge is 0.325 e. The van der Waals surface area contributed by atoms with E-state index in [4.69, 9.17) is 5.73 Å². The fourth-order valence-corrected chi connectivity index (χ4v) is 0.910. The highest BCUT2D eigenvalue weighted by molar-refractivity contribution is 7.07. The van der Waals surface area contributed by atoms with Gasteiger partial charge < -0.3 is 5.73 Å². The quantitative estimate of drug-likeness (QED) is 0.580. The normalized spacial score (nSPS) is 9.29. The molecular formula is C4H6N2S. The fourth-order valence-electron chi connectivity index (χ4n) is 0.338. The average molecular weight is 114 g/mol. The van der Waals surface area contributed by atoms with E-state index in [1.54, 1.807) is 16.8 Å². The Kier molecular flexibility index (Phi) is 1.38. The van der Waals surface area contributed by atoms with Crippen LogP contribution in [0.5, 0.6) is 0 Å². The Labute approximate surface area is 46.0 Å². The second-order valence-corrected chi connectivity index (χ2v) is 1.90. The molecule has 0 atom stereocenters. The van der Waals surface area contributed by atoms with Crippen molar-refractivity contribution in [3.8, 4) is 0 Å². The van der Waals surface area contributed by atoms with Gasteiger partial charge in [-0.3, -0.25) is 0 Å². The molecule has 0 saturated carbocycles.